The smallest absolute Gasteiger partial charge is 0.331 e. The first-order valence-corrected chi connectivity index (χ1v) is 6.11. The molecule has 1 rings (SSSR count). The van der Waals surface area contributed by atoms with Crippen LogP contribution in [0, 0.1) is 10.1 Å². The molecule has 1 aromatic carbocycles. The van der Waals surface area contributed by atoms with Gasteiger partial charge in [0.15, 0.2) is 0 Å². The molecule has 22 heavy (non-hydrogen) atoms. The van der Waals surface area contributed by atoms with E-state index in [9.17, 15) is 24.5 Å². The number of nitro groups is 1. The van der Waals surface area contributed by atoms with Crippen LogP contribution in [0.2, 0.25) is 0 Å². The monoisotopic (exact) mass is 309 g/mol. The Morgan fingerprint density at radius 1 is 1.41 bits per heavy atom. The molecule has 0 saturated carbocycles. The molecule has 0 radical (unpaired) electrons. The molecule has 0 aromatic heterocycles. The van der Waals surface area contributed by atoms with Crippen molar-refractivity contribution < 1.29 is 24.0 Å². The van der Waals surface area contributed by atoms with Gasteiger partial charge in [0.05, 0.1) is 17.7 Å². The number of hydrogen-bond donors (Lipinski definition) is 1. The van der Waals surface area contributed by atoms with E-state index in [2.05, 4.69) is 10.1 Å². The van der Waals surface area contributed by atoms with E-state index in [0.717, 1.165) is 11.0 Å². The van der Waals surface area contributed by atoms with E-state index < -0.39 is 22.1 Å². The zero-order valence-corrected chi connectivity index (χ0v) is 12.2. The maximum Gasteiger partial charge on any atom is 0.331 e. The van der Waals surface area contributed by atoms with Crippen molar-refractivity contribution in [3.8, 4) is 0 Å². The molecule has 0 spiro atoms. The number of nitro benzene ring substituents is 1. The summed E-state index contributed by atoms with van der Waals surface area (Å²) in [6.45, 7) is 2.88. The van der Waals surface area contributed by atoms with Crippen LogP contribution >= 0.6 is 0 Å². The predicted molar refractivity (Wildman–Crippen MR) is 77.4 cm³/mol. The fraction of sp³-hybridized carbons (Fsp3) is 0.308. The van der Waals surface area contributed by atoms with Crippen LogP contribution in [-0.4, -0.2) is 36.4 Å². The molecule has 0 aliphatic rings. The van der Waals surface area contributed by atoms with Gasteiger partial charge in [-0.3, -0.25) is 24.6 Å². The third-order valence-corrected chi connectivity index (χ3v) is 3.06. The molecular weight excluding hydrogens is 294 g/mol. The average Bonchev–Trinajstić information content (AvgIpc) is 2.48. The maximum absolute atomic E-state index is 11.8. The molecule has 0 unspecified atom stereocenters. The van der Waals surface area contributed by atoms with E-state index >= 15 is 0 Å². The van der Waals surface area contributed by atoms with Gasteiger partial charge >= 0.3 is 5.97 Å². The lowest BCUT2D eigenvalue weighted by Crippen LogP contribution is -2.50. The summed E-state index contributed by atoms with van der Waals surface area (Å²) in [4.78, 5) is 44.9. The fourth-order valence-electron chi connectivity index (χ4n) is 1.87. The Kier molecular flexibility index (Phi) is 5.17. The number of carbonyl (C=O) groups excluding carboxylic acids is 3. The minimum absolute atomic E-state index is 0.0227. The Morgan fingerprint density at radius 3 is 2.50 bits per heavy atom. The zero-order chi connectivity index (χ0) is 16.9. The number of nitrogens with zero attached hydrogens (tertiary/aromatic N) is 2. The lowest BCUT2D eigenvalue weighted by atomic mass is 10.0. The van der Waals surface area contributed by atoms with Gasteiger partial charge in [-0.15, -0.1) is 0 Å². The summed E-state index contributed by atoms with van der Waals surface area (Å²) in [5.41, 5.74) is -1.67. The highest BCUT2D eigenvalue weighted by molar-refractivity contribution is 5.93. The van der Waals surface area contributed by atoms with Crippen molar-refractivity contribution in [2.45, 2.75) is 19.4 Å². The Bertz CT molecular complexity index is 614. The van der Waals surface area contributed by atoms with Crippen molar-refractivity contribution in [3.05, 3.63) is 28.3 Å². The van der Waals surface area contributed by atoms with Crippen LogP contribution in [0.25, 0.3) is 0 Å². The number of anilines is 2. The molecule has 0 fully saturated rings. The molecule has 118 valence electrons. The maximum atomic E-state index is 11.8. The summed E-state index contributed by atoms with van der Waals surface area (Å²) in [6, 6.07) is 3.73. The minimum atomic E-state index is -1.36. The summed E-state index contributed by atoms with van der Waals surface area (Å²) in [7, 11) is 1.17. The highest BCUT2D eigenvalue weighted by Crippen LogP contribution is 2.32. The molecule has 0 atom stereocenters. The van der Waals surface area contributed by atoms with E-state index in [1.165, 1.54) is 33.1 Å². The van der Waals surface area contributed by atoms with E-state index in [1.807, 2.05) is 0 Å². The third kappa shape index (κ3) is 3.19. The first-order chi connectivity index (χ1) is 10.3. The number of hydrogen-bond acceptors (Lipinski definition) is 6. The molecule has 0 bridgehead atoms. The Hall–Kier alpha value is -2.97. The molecule has 1 aromatic rings. The topological polar surface area (TPSA) is 119 Å². The summed E-state index contributed by atoms with van der Waals surface area (Å²) < 4.78 is 4.63. The summed E-state index contributed by atoms with van der Waals surface area (Å²) in [5.74, 6) is -0.683. The van der Waals surface area contributed by atoms with E-state index in [0.29, 0.717) is 12.8 Å². The lowest BCUT2D eigenvalue weighted by molar-refractivity contribution is -0.383. The average molecular weight is 309 g/mol. The highest BCUT2D eigenvalue weighted by Gasteiger charge is 2.37. The Morgan fingerprint density at radius 2 is 2.05 bits per heavy atom. The van der Waals surface area contributed by atoms with Crippen LogP contribution in [0.4, 0.5) is 17.1 Å². The van der Waals surface area contributed by atoms with E-state index in [1.54, 1.807) is 0 Å². The summed E-state index contributed by atoms with van der Waals surface area (Å²) in [5, 5.41) is 13.2. The normalized spacial score (nSPS) is 10.5. The van der Waals surface area contributed by atoms with Crippen molar-refractivity contribution in [1.29, 1.82) is 0 Å². The number of rotatable bonds is 7. The Labute approximate surface area is 126 Å². The largest absolute Gasteiger partial charge is 0.467 e. The lowest BCUT2D eigenvalue weighted by Gasteiger charge is -2.32. The molecule has 9 heteroatoms. The standard InChI is InChI=1S/C13H15N3O6/c1-13(2,12(19)22-3)15(8-18)9-4-5-10(14-7-17)11(6-9)16(20)21/h4-8H,1-3H3,(H,14,17). The molecule has 0 aliphatic carbocycles. The number of benzene rings is 1. The molecule has 9 nitrogen and oxygen atoms in total. The van der Waals surface area contributed by atoms with Crippen molar-refractivity contribution >= 4 is 35.9 Å². The zero-order valence-electron chi connectivity index (χ0n) is 12.2. The van der Waals surface area contributed by atoms with Crippen molar-refractivity contribution in [2.24, 2.45) is 0 Å². The first-order valence-electron chi connectivity index (χ1n) is 6.11. The van der Waals surface area contributed by atoms with Gasteiger partial charge in [-0.25, -0.2) is 4.79 Å². The number of nitrogens with one attached hydrogen (secondary N) is 1. The van der Waals surface area contributed by atoms with Crippen LogP contribution in [0.5, 0.6) is 0 Å². The highest BCUT2D eigenvalue weighted by atomic mass is 16.6. The fourth-order valence-corrected chi connectivity index (χ4v) is 1.87. The molecule has 1 N–H and O–H groups in total. The number of ether oxygens (including phenoxy) is 1. The summed E-state index contributed by atoms with van der Waals surface area (Å²) >= 11 is 0. The van der Waals surface area contributed by atoms with Crippen molar-refractivity contribution in [3.63, 3.8) is 0 Å². The van der Waals surface area contributed by atoms with Gasteiger partial charge in [0.2, 0.25) is 12.8 Å². The molecule has 0 aliphatic heterocycles. The van der Waals surface area contributed by atoms with Crippen LogP contribution in [-0.2, 0) is 19.1 Å². The SMILES string of the molecule is COC(=O)C(C)(C)N(C=O)c1ccc(NC=O)c([N+](=O)[O-])c1. The van der Waals surface area contributed by atoms with Crippen LogP contribution in [0.1, 0.15) is 13.8 Å². The predicted octanol–water partition coefficient (Wildman–Crippen LogP) is 1.08. The van der Waals surface area contributed by atoms with Gasteiger partial charge in [-0.2, -0.15) is 0 Å². The van der Waals surface area contributed by atoms with Gasteiger partial charge < -0.3 is 10.1 Å². The number of carbonyl (C=O) groups is 3. The van der Waals surface area contributed by atoms with Crippen LogP contribution in [0.15, 0.2) is 18.2 Å². The second-order valence-electron chi connectivity index (χ2n) is 4.75. The van der Waals surface area contributed by atoms with E-state index in [4.69, 9.17) is 0 Å². The number of methoxy groups -OCH3 is 1. The van der Waals surface area contributed by atoms with Crippen LogP contribution in [0.3, 0.4) is 0 Å². The van der Waals surface area contributed by atoms with Gasteiger partial charge in [-0.05, 0) is 26.0 Å². The molecule has 0 saturated heterocycles. The Balaban J connectivity index is 3.38. The number of esters is 1. The van der Waals surface area contributed by atoms with Gasteiger partial charge in [0.25, 0.3) is 5.69 Å². The quantitative estimate of drug-likeness (QED) is 0.348. The second kappa shape index (κ2) is 6.66. The first kappa shape index (κ1) is 17.1. The van der Waals surface area contributed by atoms with Gasteiger partial charge in [-0.1, -0.05) is 0 Å². The van der Waals surface area contributed by atoms with Crippen LogP contribution < -0.4 is 10.2 Å². The minimum Gasteiger partial charge on any atom is -0.467 e. The number of amides is 2. The molecule has 2 amide bonds. The second-order valence-corrected chi connectivity index (χ2v) is 4.75. The van der Waals surface area contributed by atoms with E-state index in [-0.39, 0.29) is 11.4 Å². The van der Waals surface area contributed by atoms with Gasteiger partial charge in [0, 0.05) is 6.07 Å². The molecular formula is C13H15N3O6. The summed E-state index contributed by atoms with van der Waals surface area (Å²) in [6.07, 6.45) is 0.681. The van der Waals surface area contributed by atoms with Crippen molar-refractivity contribution in [1.82, 2.24) is 0 Å². The molecule has 0 heterocycles. The van der Waals surface area contributed by atoms with Gasteiger partial charge in [0.1, 0.15) is 11.2 Å². The van der Waals surface area contributed by atoms with Crippen molar-refractivity contribution in [2.75, 3.05) is 17.3 Å². The third-order valence-electron chi connectivity index (χ3n) is 3.06.